The number of carboxylic acids is 1. The first-order valence-corrected chi connectivity index (χ1v) is 6.35. The van der Waals surface area contributed by atoms with Crippen LogP contribution < -0.4 is 4.74 Å². The number of carboxylic acid groups (broad SMARTS) is 1. The van der Waals surface area contributed by atoms with Gasteiger partial charge in [-0.3, -0.25) is 4.79 Å². The van der Waals surface area contributed by atoms with Crippen molar-refractivity contribution < 1.29 is 14.6 Å². The van der Waals surface area contributed by atoms with Crippen LogP contribution in [-0.2, 0) is 11.2 Å². The summed E-state index contributed by atoms with van der Waals surface area (Å²) in [6.07, 6.45) is 1.94. The third kappa shape index (κ3) is 3.45. The molecule has 5 nitrogen and oxygen atoms in total. The summed E-state index contributed by atoms with van der Waals surface area (Å²) in [5.41, 5.74) is 1.49. The van der Waals surface area contributed by atoms with Crippen LogP contribution in [0.3, 0.4) is 0 Å². The molecule has 1 aromatic carbocycles. The second-order valence-electron chi connectivity index (χ2n) is 4.13. The predicted octanol–water partition coefficient (Wildman–Crippen LogP) is 2.82. The van der Waals surface area contributed by atoms with E-state index in [1.165, 1.54) is 7.11 Å². The average molecular weight is 293 g/mol. The number of aryl methyl sites for hydroxylation is 1. The highest BCUT2D eigenvalue weighted by molar-refractivity contribution is 6.30. The second-order valence-corrected chi connectivity index (χ2v) is 4.57. The predicted molar refractivity (Wildman–Crippen MR) is 75.0 cm³/mol. The fourth-order valence-electron chi connectivity index (χ4n) is 1.72. The largest absolute Gasteiger partial charge is 0.481 e. The summed E-state index contributed by atoms with van der Waals surface area (Å²) in [6.45, 7) is 0. The molecule has 0 atom stereocenters. The Morgan fingerprint density at radius 3 is 2.65 bits per heavy atom. The summed E-state index contributed by atoms with van der Waals surface area (Å²) in [5, 5.41) is 9.34. The first kappa shape index (κ1) is 14.3. The Labute approximate surface area is 121 Å². The standard InChI is InChI=1S/C14H13ClN2O3/c1-20-14-10(4-7-12(18)19)8-16-13(17-14)9-2-5-11(15)6-3-9/h2-3,5-6,8H,4,7H2,1H3,(H,18,19). The van der Waals surface area contributed by atoms with Crippen LogP contribution in [0.1, 0.15) is 12.0 Å². The molecule has 0 aliphatic heterocycles. The number of methoxy groups -OCH3 is 1. The monoisotopic (exact) mass is 292 g/mol. The molecule has 0 bridgehead atoms. The Bertz CT molecular complexity index is 614. The van der Waals surface area contributed by atoms with E-state index >= 15 is 0 Å². The van der Waals surface area contributed by atoms with Crippen molar-refractivity contribution in [3.63, 3.8) is 0 Å². The maximum atomic E-state index is 10.6. The van der Waals surface area contributed by atoms with Gasteiger partial charge in [0.25, 0.3) is 0 Å². The van der Waals surface area contributed by atoms with E-state index in [1.807, 2.05) is 12.1 Å². The zero-order valence-electron chi connectivity index (χ0n) is 10.8. The van der Waals surface area contributed by atoms with E-state index in [0.717, 1.165) is 5.56 Å². The van der Waals surface area contributed by atoms with Crippen molar-refractivity contribution in [3.8, 4) is 17.3 Å². The van der Waals surface area contributed by atoms with E-state index in [-0.39, 0.29) is 6.42 Å². The minimum Gasteiger partial charge on any atom is -0.481 e. The van der Waals surface area contributed by atoms with E-state index in [4.69, 9.17) is 21.4 Å². The number of nitrogens with zero attached hydrogens (tertiary/aromatic N) is 2. The van der Waals surface area contributed by atoms with Crippen molar-refractivity contribution >= 4 is 17.6 Å². The molecule has 2 rings (SSSR count). The number of halogens is 1. The van der Waals surface area contributed by atoms with Crippen molar-refractivity contribution in [3.05, 3.63) is 41.0 Å². The summed E-state index contributed by atoms with van der Waals surface area (Å²) in [6, 6.07) is 7.14. The number of hydrogen-bond acceptors (Lipinski definition) is 4. The number of aromatic nitrogens is 2. The van der Waals surface area contributed by atoms with Crippen LogP contribution in [-0.4, -0.2) is 28.2 Å². The Balaban J connectivity index is 2.28. The maximum Gasteiger partial charge on any atom is 0.303 e. The lowest BCUT2D eigenvalue weighted by Gasteiger charge is -2.08. The van der Waals surface area contributed by atoms with Gasteiger partial charge in [-0.1, -0.05) is 11.6 Å². The molecule has 0 saturated carbocycles. The van der Waals surface area contributed by atoms with E-state index in [9.17, 15) is 4.79 Å². The van der Waals surface area contributed by atoms with Crippen LogP contribution in [0, 0.1) is 0 Å². The highest BCUT2D eigenvalue weighted by Crippen LogP contribution is 2.23. The quantitative estimate of drug-likeness (QED) is 0.917. The van der Waals surface area contributed by atoms with Crippen LogP contribution in [0.4, 0.5) is 0 Å². The van der Waals surface area contributed by atoms with Gasteiger partial charge in [0.05, 0.1) is 7.11 Å². The van der Waals surface area contributed by atoms with Crippen molar-refractivity contribution in [1.29, 1.82) is 0 Å². The molecule has 0 aliphatic rings. The van der Waals surface area contributed by atoms with Gasteiger partial charge < -0.3 is 9.84 Å². The summed E-state index contributed by atoms with van der Waals surface area (Å²) in [7, 11) is 1.50. The molecule has 1 heterocycles. The molecule has 1 aromatic heterocycles. The van der Waals surface area contributed by atoms with Crippen LogP contribution >= 0.6 is 11.6 Å². The second kappa shape index (κ2) is 6.34. The third-order valence-electron chi connectivity index (χ3n) is 2.73. The van der Waals surface area contributed by atoms with Crippen LogP contribution in [0.15, 0.2) is 30.5 Å². The van der Waals surface area contributed by atoms with Gasteiger partial charge in [0.2, 0.25) is 5.88 Å². The third-order valence-corrected chi connectivity index (χ3v) is 2.98. The molecule has 0 amide bonds. The van der Waals surface area contributed by atoms with Gasteiger partial charge in [-0.05, 0) is 30.7 Å². The van der Waals surface area contributed by atoms with Crippen LogP contribution in [0.2, 0.25) is 5.02 Å². The molecule has 0 unspecified atom stereocenters. The van der Waals surface area contributed by atoms with Gasteiger partial charge in [0.15, 0.2) is 5.82 Å². The van der Waals surface area contributed by atoms with E-state index in [1.54, 1.807) is 18.3 Å². The molecule has 0 aliphatic carbocycles. The van der Waals surface area contributed by atoms with Gasteiger partial charge in [0.1, 0.15) is 0 Å². The SMILES string of the molecule is COc1nc(-c2ccc(Cl)cc2)ncc1CCC(=O)O. The van der Waals surface area contributed by atoms with Crippen LogP contribution in [0.25, 0.3) is 11.4 Å². The van der Waals surface area contributed by atoms with E-state index < -0.39 is 5.97 Å². The van der Waals surface area contributed by atoms with Crippen molar-refractivity contribution in [2.45, 2.75) is 12.8 Å². The number of benzene rings is 1. The lowest BCUT2D eigenvalue weighted by molar-refractivity contribution is -0.136. The number of carbonyl (C=O) groups is 1. The number of hydrogen-bond donors (Lipinski definition) is 1. The lowest BCUT2D eigenvalue weighted by Crippen LogP contribution is -2.03. The first-order valence-electron chi connectivity index (χ1n) is 5.98. The zero-order valence-corrected chi connectivity index (χ0v) is 11.6. The number of ether oxygens (including phenoxy) is 1. The summed E-state index contributed by atoms with van der Waals surface area (Å²) < 4.78 is 5.19. The summed E-state index contributed by atoms with van der Waals surface area (Å²) >= 11 is 5.83. The summed E-state index contributed by atoms with van der Waals surface area (Å²) in [5.74, 6) is 0.0395. The van der Waals surface area contributed by atoms with Crippen molar-refractivity contribution in [2.24, 2.45) is 0 Å². The maximum absolute atomic E-state index is 10.6. The number of rotatable bonds is 5. The fourth-order valence-corrected chi connectivity index (χ4v) is 1.84. The number of aliphatic carboxylic acids is 1. The molecule has 0 spiro atoms. The highest BCUT2D eigenvalue weighted by atomic mass is 35.5. The molecule has 0 radical (unpaired) electrons. The molecule has 0 fully saturated rings. The minimum atomic E-state index is -0.867. The Morgan fingerprint density at radius 1 is 1.35 bits per heavy atom. The molecular weight excluding hydrogens is 280 g/mol. The Kier molecular flexibility index (Phi) is 4.53. The van der Waals surface area contributed by atoms with E-state index in [0.29, 0.717) is 28.7 Å². The molecule has 2 aromatic rings. The van der Waals surface area contributed by atoms with Crippen LogP contribution in [0.5, 0.6) is 5.88 Å². The molecule has 0 saturated heterocycles. The van der Waals surface area contributed by atoms with Gasteiger partial charge in [0, 0.05) is 28.8 Å². The molecular formula is C14H13ClN2O3. The smallest absolute Gasteiger partial charge is 0.303 e. The van der Waals surface area contributed by atoms with Gasteiger partial charge in [-0.15, -0.1) is 0 Å². The topological polar surface area (TPSA) is 72.3 Å². The van der Waals surface area contributed by atoms with Crippen molar-refractivity contribution in [1.82, 2.24) is 9.97 Å². The minimum absolute atomic E-state index is 0.0139. The Hall–Kier alpha value is -2.14. The molecule has 6 heteroatoms. The summed E-state index contributed by atoms with van der Waals surface area (Å²) in [4.78, 5) is 19.1. The van der Waals surface area contributed by atoms with Gasteiger partial charge in [-0.25, -0.2) is 4.98 Å². The molecule has 20 heavy (non-hydrogen) atoms. The average Bonchev–Trinajstić information content (AvgIpc) is 2.45. The Morgan fingerprint density at radius 2 is 2.05 bits per heavy atom. The highest BCUT2D eigenvalue weighted by Gasteiger charge is 2.10. The lowest BCUT2D eigenvalue weighted by atomic mass is 10.1. The normalized spacial score (nSPS) is 10.3. The van der Waals surface area contributed by atoms with Crippen molar-refractivity contribution in [2.75, 3.05) is 7.11 Å². The zero-order chi connectivity index (χ0) is 14.5. The first-order chi connectivity index (χ1) is 9.60. The molecule has 104 valence electrons. The van der Waals surface area contributed by atoms with Gasteiger partial charge in [-0.2, -0.15) is 4.98 Å². The van der Waals surface area contributed by atoms with Gasteiger partial charge >= 0.3 is 5.97 Å². The molecule has 1 N–H and O–H groups in total. The fraction of sp³-hybridized carbons (Fsp3) is 0.214. The van der Waals surface area contributed by atoms with E-state index in [2.05, 4.69) is 9.97 Å².